The predicted octanol–water partition coefficient (Wildman–Crippen LogP) is 1.82. The number of hydrogen-bond donors (Lipinski definition) is 1. The van der Waals surface area contributed by atoms with E-state index in [1.165, 1.54) is 18.2 Å². The molecule has 1 amide bonds. The standard InChI is InChI=1S/C15H14N2O4/c1-21-14-12(8-5-9-16-14)15(20)17(10-13(18)19)11-6-3-2-4-7-11/h2-9H,10H2,1H3,(H,18,19). The van der Waals surface area contributed by atoms with Crippen LogP contribution in [-0.4, -0.2) is 35.6 Å². The van der Waals surface area contributed by atoms with E-state index in [0.717, 1.165) is 0 Å². The molecule has 21 heavy (non-hydrogen) atoms. The highest BCUT2D eigenvalue weighted by Gasteiger charge is 2.23. The largest absolute Gasteiger partial charge is 0.480 e. The SMILES string of the molecule is COc1ncccc1C(=O)N(CC(=O)O)c1ccccc1. The zero-order valence-electron chi connectivity index (χ0n) is 11.4. The van der Waals surface area contributed by atoms with Crippen molar-refractivity contribution in [2.45, 2.75) is 0 Å². The van der Waals surface area contributed by atoms with Crippen LogP contribution in [0.1, 0.15) is 10.4 Å². The average molecular weight is 286 g/mol. The van der Waals surface area contributed by atoms with Crippen molar-refractivity contribution in [1.82, 2.24) is 4.98 Å². The summed E-state index contributed by atoms with van der Waals surface area (Å²) in [4.78, 5) is 28.8. The maximum Gasteiger partial charge on any atom is 0.323 e. The molecule has 6 heteroatoms. The second-order valence-electron chi connectivity index (χ2n) is 4.18. The number of carboxylic acids is 1. The Morgan fingerprint density at radius 1 is 1.19 bits per heavy atom. The minimum Gasteiger partial charge on any atom is -0.480 e. The summed E-state index contributed by atoms with van der Waals surface area (Å²) in [6.07, 6.45) is 1.50. The number of para-hydroxylation sites is 1. The van der Waals surface area contributed by atoms with Crippen molar-refractivity contribution in [3.63, 3.8) is 0 Å². The third-order valence-electron chi connectivity index (χ3n) is 2.80. The third kappa shape index (κ3) is 3.36. The molecule has 2 aromatic rings. The Labute approximate surface area is 121 Å². The lowest BCUT2D eigenvalue weighted by atomic mass is 10.2. The van der Waals surface area contributed by atoms with E-state index in [2.05, 4.69) is 4.98 Å². The molecule has 2 rings (SSSR count). The Hall–Kier alpha value is -2.89. The summed E-state index contributed by atoms with van der Waals surface area (Å²) < 4.78 is 5.05. The normalized spacial score (nSPS) is 9.95. The molecule has 0 aliphatic heterocycles. The number of benzene rings is 1. The van der Waals surface area contributed by atoms with Crippen molar-refractivity contribution in [2.75, 3.05) is 18.6 Å². The molecule has 1 aromatic carbocycles. The molecular formula is C15H14N2O4. The number of ether oxygens (including phenoxy) is 1. The summed E-state index contributed by atoms with van der Waals surface area (Å²) in [5.74, 6) is -1.42. The van der Waals surface area contributed by atoms with Gasteiger partial charge in [-0.05, 0) is 24.3 Å². The maximum absolute atomic E-state index is 12.6. The molecule has 0 bridgehead atoms. The van der Waals surface area contributed by atoms with Gasteiger partial charge >= 0.3 is 5.97 Å². The van der Waals surface area contributed by atoms with Gasteiger partial charge < -0.3 is 9.84 Å². The number of aromatic nitrogens is 1. The number of carbonyl (C=O) groups excluding carboxylic acids is 1. The van der Waals surface area contributed by atoms with Crippen LogP contribution >= 0.6 is 0 Å². The second kappa shape index (κ2) is 6.51. The van der Waals surface area contributed by atoms with Crippen molar-refractivity contribution >= 4 is 17.6 Å². The summed E-state index contributed by atoms with van der Waals surface area (Å²) in [6.45, 7) is -0.444. The zero-order valence-corrected chi connectivity index (χ0v) is 11.4. The van der Waals surface area contributed by atoms with Crippen LogP contribution in [0.25, 0.3) is 0 Å². The Balaban J connectivity index is 2.41. The molecule has 0 aliphatic rings. The fraction of sp³-hybridized carbons (Fsp3) is 0.133. The van der Waals surface area contributed by atoms with Gasteiger partial charge in [0.1, 0.15) is 12.1 Å². The number of pyridine rings is 1. The molecule has 6 nitrogen and oxygen atoms in total. The van der Waals surface area contributed by atoms with Crippen molar-refractivity contribution in [3.8, 4) is 5.88 Å². The van der Waals surface area contributed by atoms with E-state index in [4.69, 9.17) is 9.84 Å². The first-order valence-electron chi connectivity index (χ1n) is 6.21. The number of hydrogen-bond acceptors (Lipinski definition) is 4. The quantitative estimate of drug-likeness (QED) is 0.907. The molecule has 0 saturated carbocycles. The van der Waals surface area contributed by atoms with E-state index < -0.39 is 18.4 Å². The highest BCUT2D eigenvalue weighted by atomic mass is 16.5. The van der Waals surface area contributed by atoms with Crippen molar-refractivity contribution in [1.29, 1.82) is 0 Å². The molecule has 0 saturated heterocycles. The molecule has 0 fully saturated rings. The molecule has 0 spiro atoms. The number of aliphatic carboxylic acids is 1. The highest BCUT2D eigenvalue weighted by molar-refractivity contribution is 6.09. The Morgan fingerprint density at radius 2 is 1.90 bits per heavy atom. The van der Waals surface area contributed by atoms with Gasteiger partial charge in [0.2, 0.25) is 5.88 Å². The first-order chi connectivity index (χ1) is 10.1. The summed E-state index contributed by atoms with van der Waals surface area (Å²) in [5.41, 5.74) is 0.709. The van der Waals surface area contributed by atoms with E-state index in [9.17, 15) is 9.59 Å². The van der Waals surface area contributed by atoms with E-state index in [1.807, 2.05) is 0 Å². The van der Waals surface area contributed by atoms with Gasteiger partial charge in [-0.15, -0.1) is 0 Å². The Bertz CT molecular complexity index is 643. The first kappa shape index (κ1) is 14.5. The van der Waals surface area contributed by atoms with Crippen LogP contribution < -0.4 is 9.64 Å². The fourth-order valence-corrected chi connectivity index (χ4v) is 1.89. The molecular weight excluding hydrogens is 272 g/mol. The van der Waals surface area contributed by atoms with Gasteiger partial charge in [-0.1, -0.05) is 18.2 Å². The van der Waals surface area contributed by atoms with E-state index in [-0.39, 0.29) is 11.4 Å². The van der Waals surface area contributed by atoms with Crippen molar-refractivity contribution in [2.24, 2.45) is 0 Å². The van der Waals surface area contributed by atoms with Crippen LogP contribution in [0.2, 0.25) is 0 Å². The lowest BCUT2D eigenvalue weighted by Gasteiger charge is -2.21. The molecule has 1 N–H and O–H groups in total. The lowest BCUT2D eigenvalue weighted by molar-refractivity contribution is -0.135. The van der Waals surface area contributed by atoms with Gasteiger partial charge in [-0.2, -0.15) is 0 Å². The van der Waals surface area contributed by atoms with E-state index in [0.29, 0.717) is 5.69 Å². The summed E-state index contributed by atoms with van der Waals surface area (Å²) in [6, 6.07) is 11.7. The Kier molecular flexibility index (Phi) is 4.50. The van der Waals surface area contributed by atoms with Gasteiger partial charge in [-0.3, -0.25) is 14.5 Å². The molecule has 1 heterocycles. The van der Waals surface area contributed by atoms with Gasteiger partial charge in [0.15, 0.2) is 0 Å². The van der Waals surface area contributed by atoms with E-state index in [1.54, 1.807) is 42.5 Å². The lowest BCUT2D eigenvalue weighted by Crippen LogP contribution is -2.36. The number of carbonyl (C=O) groups is 2. The first-order valence-corrected chi connectivity index (χ1v) is 6.21. The number of rotatable bonds is 5. The summed E-state index contributed by atoms with van der Waals surface area (Å²) >= 11 is 0. The topological polar surface area (TPSA) is 79.7 Å². The fourth-order valence-electron chi connectivity index (χ4n) is 1.89. The third-order valence-corrected chi connectivity index (χ3v) is 2.80. The zero-order chi connectivity index (χ0) is 15.2. The second-order valence-corrected chi connectivity index (χ2v) is 4.18. The highest BCUT2D eigenvalue weighted by Crippen LogP contribution is 2.21. The van der Waals surface area contributed by atoms with Crippen molar-refractivity contribution in [3.05, 3.63) is 54.2 Å². The minimum atomic E-state index is -1.10. The number of nitrogens with zero attached hydrogens (tertiary/aromatic N) is 2. The smallest absolute Gasteiger partial charge is 0.323 e. The van der Waals surface area contributed by atoms with Crippen LogP contribution in [-0.2, 0) is 4.79 Å². The molecule has 0 unspecified atom stereocenters. The van der Waals surface area contributed by atoms with Crippen LogP contribution in [0.4, 0.5) is 5.69 Å². The maximum atomic E-state index is 12.6. The Morgan fingerprint density at radius 3 is 2.52 bits per heavy atom. The van der Waals surface area contributed by atoms with Crippen LogP contribution in [0.5, 0.6) is 5.88 Å². The monoisotopic (exact) mass is 286 g/mol. The average Bonchev–Trinajstić information content (AvgIpc) is 2.52. The number of amides is 1. The number of methoxy groups -OCH3 is 1. The summed E-state index contributed by atoms with van der Waals surface area (Å²) in [7, 11) is 1.41. The molecule has 1 aromatic heterocycles. The molecule has 0 aliphatic carbocycles. The van der Waals surface area contributed by atoms with Crippen molar-refractivity contribution < 1.29 is 19.4 Å². The van der Waals surface area contributed by atoms with Gasteiger partial charge in [0.05, 0.1) is 7.11 Å². The van der Waals surface area contributed by atoms with Gasteiger partial charge in [0.25, 0.3) is 5.91 Å². The van der Waals surface area contributed by atoms with Gasteiger partial charge in [0, 0.05) is 11.9 Å². The summed E-state index contributed by atoms with van der Waals surface area (Å²) in [5, 5.41) is 9.03. The van der Waals surface area contributed by atoms with Gasteiger partial charge in [-0.25, -0.2) is 4.98 Å². The van der Waals surface area contributed by atoms with Crippen LogP contribution in [0.15, 0.2) is 48.7 Å². The molecule has 0 radical (unpaired) electrons. The molecule has 108 valence electrons. The van der Waals surface area contributed by atoms with Crippen LogP contribution in [0, 0.1) is 0 Å². The predicted molar refractivity (Wildman–Crippen MR) is 76.5 cm³/mol. The van der Waals surface area contributed by atoms with Crippen LogP contribution in [0.3, 0.4) is 0 Å². The number of anilines is 1. The minimum absolute atomic E-state index is 0.161. The molecule has 0 atom stereocenters. The van der Waals surface area contributed by atoms with E-state index >= 15 is 0 Å². The number of carboxylic acid groups (broad SMARTS) is 1.